The second-order valence-electron chi connectivity index (χ2n) is 7.18. The van der Waals surface area contributed by atoms with Crippen molar-refractivity contribution in [3.63, 3.8) is 0 Å². The number of sulfonamides is 2. The van der Waals surface area contributed by atoms with Crippen molar-refractivity contribution >= 4 is 43.0 Å². The molecule has 162 valence electrons. The highest BCUT2D eigenvalue weighted by atomic mass is 35.5. The van der Waals surface area contributed by atoms with E-state index in [9.17, 15) is 21.9 Å². The Morgan fingerprint density at radius 2 is 1.45 bits per heavy atom. The molecule has 0 heterocycles. The van der Waals surface area contributed by atoms with Crippen LogP contribution < -0.4 is 9.44 Å². The van der Waals surface area contributed by atoms with E-state index in [2.05, 4.69) is 9.44 Å². The van der Waals surface area contributed by atoms with Crippen molar-refractivity contribution in [3.8, 4) is 5.75 Å². The van der Waals surface area contributed by atoms with E-state index in [1.165, 1.54) is 24.3 Å². The van der Waals surface area contributed by atoms with E-state index in [0.29, 0.717) is 5.02 Å². The predicted molar refractivity (Wildman–Crippen MR) is 120 cm³/mol. The lowest BCUT2D eigenvalue weighted by Crippen LogP contribution is -2.16. The zero-order valence-electron chi connectivity index (χ0n) is 16.2. The number of aryl methyl sites for hydroxylation is 2. The maximum atomic E-state index is 12.8. The molecule has 0 aromatic heterocycles. The molecule has 3 aromatic rings. The standard InChI is InChI=1S/C21H19ClN2O5S2/c22-16-5-2-6-17(12-16)23-30(26,27)19-9-10-21(25)20(13-19)24-31(28,29)18-8-7-14-3-1-4-15(14)11-18/h2,5-13,23-25H,1,3-4H2. The van der Waals surface area contributed by atoms with Crippen molar-refractivity contribution in [2.45, 2.75) is 29.1 Å². The highest BCUT2D eigenvalue weighted by Crippen LogP contribution is 2.31. The first-order valence-electron chi connectivity index (χ1n) is 9.40. The van der Waals surface area contributed by atoms with E-state index >= 15 is 0 Å². The topological polar surface area (TPSA) is 113 Å². The molecule has 3 aromatic carbocycles. The summed E-state index contributed by atoms with van der Waals surface area (Å²) < 4.78 is 55.8. The van der Waals surface area contributed by atoms with Gasteiger partial charge in [0.25, 0.3) is 20.0 Å². The van der Waals surface area contributed by atoms with E-state index in [0.717, 1.165) is 42.5 Å². The number of benzene rings is 3. The van der Waals surface area contributed by atoms with E-state index in [-0.39, 0.29) is 21.2 Å². The summed E-state index contributed by atoms with van der Waals surface area (Å²) in [6.45, 7) is 0. The lowest BCUT2D eigenvalue weighted by Gasteiger charge is -2.13. The van der Waals surface area contributed by atoms with Gasteiger partial charge in [0, 0.05) is 5.02 Å². The largest absolute Gasteiger partial charge is 0.506 e. The van der Waals surface area contributed by atoms with Gasteiger partial charge in [0.1, 0.15) is 5.75 Å². The van der Waals surface area contributed by atoms with Gasteiger partial charge in [-0.1, -0.05) is 23.7 Å². The maximum absolute atomic E-state index is 12.8. The SMILES string of the molecule is O=S(=O)(Nc1cccc(Cl)c1)c1ccc(O)c(NS(=O)(=O)c2ccc3c(c2)CCC3)c1. The van der Waals surface area contributed by atoms with Gasteiger partial charge in [-0.15, -0.1) is 0 Å². The highest BCUT2D eigenvalue weighted by Gasteiger charge is 2.22. The van der Waals surface area contributed by atoms with Crippen LogP contribution in [-0.4, -0.2) is 21.9 Å². The van der Waals surface area contributed by atoms with Gasteiger partial charge >= 0.3 is 0 Å². The van der Waals surface area contributed by atoms with Crippen molar-refractivity contribution in [2.24, 2.45) is 0 Å². The lowest BCUT2D eigenvalue weighted by molar-refractivity contribution is 0.477. The van der Waals surface area contributed by atoms with Crippen molar-refractivity contribution in [3.05, 3.63) is 76.8 Å². The van der Waals surface area contributed by atoms with Crippen LogP contribution in [0.3, 0.4) is 0 Å². The summed E-state index contributed by atoms with van der Waals surface area (Å²) in [7, 11) is -8.08. The Bertz CT molecular complexity index is 1370. The molecule has 1 aliphatic carbocycles. The molecule has 7 nitrogen and oxygen atoms in total. The third-order valence-electron chi connectivity index (χ3n) is 4.98. The molecule has 0 atom stereocenters. The number of nitrogens with one attached hydrogen (secondary N) is 2. The van der Waals surface area contributed by atoms with Gasteiger partial charge in [0.05, 0.1) is 21.2 Å². The van der Waals surface area contributed by atoms with Crippen molar-refractivity contribution < 1.29 is 21.9 Å². The van der Waals surface area contributed by atoms with Crippen molar-refractivity contribution in [1.82, 2.24) is 0 Å². The quantitative estimate of drug-likeness (QED) is 0.461. The van der Waals surface area contributed by atoms with Gasteiger partial charge < -0.3 is 5.11 Å². The predicted octanol–water partition coefficient (Wildman–Crippen LogP) is 4.14. The number of anilines is 2. The highest BCUT2D eigenvalue weighted by molar-refractivity contribution is 7.93. The number of phenolic OH excluding ortho intramolecular Hbond substituents is 1. The fourth-order valence-corrected chi connectivity index (χ4v) is 5.83. The Labute approximate surface area is 185 Å². The van der Waals surface area contributed by atoms with Crippen LogP contribution in [0.5, 0.6) is 5.75 Å². The number of phenols is 1. The molecule has 31 heavy (non-hydrogen) atoms. The molecule has 0 radical (unpaired) electrons. The Balaban J connectivity index is 1.63. The number of rotatable bonds is 6. The summed E-state index contributed by atoms with van der Waals surface area (Å²) in [6, 6.07) is 14.4. The molecule has 3 N–H and O–H groups in total. The van der Waals surface area contributed by atoms with Gasteiger partial charge in [0.2, 0.25) is 0 Å². The monoisotopic (exact) mass is 478 g/mol. The number of hydrogen-bond acceptors (Lipinski definition) is 5. The fraction of sp³-hybridized carbons (Fsp3) is 0.143. The van der Waals surface area contributed by atoms with Gasteiger partial charge in [-0.25, -0.2) is 16.8 Å². The molecule has 1 aliphatic rings. The van der Waals surface area contributed by atoms with Crippen LogP contribution in [0.15, 0.2) is 70.5 Å². The number of hydrogen-bond donors (Lipinski definition) is 3. The van der Waals surface area contributed by atoms with Crippen molar-refractivity contribution in [2.75, 3.05) is 9.44 Å². The Morgan fingerprint density at radius 3 is 2.23 bits per heavy atom. The molecule has 4 rings (SSSR count). The molecular formula is C21H19ClN2O5S2. The Morgan fingerprint density at radius 1 is 0.774 bits per heavy atom. The number of fused-ring (bicyclic) bond motifs is 1. The van der Waals surface area contributed by atoms with Gasteiger partial charge in [0.15, 0.2) is 0 Å². The van der Waals surface area contributed by atoms with Crippen molar-refractivity contribution in [1.29, 1.82) is 0 Å². The summed E-state index contributed by atoms with van der Waals surface area (Å²) in [5.41, 5.74) is 2.12. The smallest absolute Gasteiger partial charge is 0.262 e. The average Bonchev–Trinajstić information content (AvgIpc) is 3.17. The fourth-order valence-electron chi connectivity index (χ4n) is 3.45. The van der Waals surface area contributed by atoms with Crippen LogP contribution >= 0.6 is 11.6 Å². The molecule has 0 spiro atoms. The van der Waals surface area contributed by atoms with Crippen LogP contribution in [0.4, 0.5) is 11.4 Å². The second-order valence-corrected chi connectivity index (χ2v) is 11.0. The minimum Gasteiger partial charge on any atom is -0.506 e. The lowest BCUT2D eigenvalue weighted by atomic mass is 10.1. The van der Waals surface area contributed by atoms with Gasteiger partial charge in [-0.05, 0) is 78.9 Å². The molecule has 0 saturated heterocycles. The molecular weight excluding hydrogens is 460 g/mol. The number of aromatic hydroxyl groups is 1. The first-order chi connectivity index (χ1) is 14.6. The van der Waals surface area contributed by atoms with Crippen LogP contribution in [0, 0.1) is 0 Å². The molecule has 0 aliphatic heterocycles. The molecule has 0 unspecified atom stereocenters. The van der Waals surface area contributed by atoms with Gasteiger partial charge in [-0.3, -0.25) is 9.44 Å². The molecule has 0 fully saturated rings. The third kappa shape index (κ3) is 4.63. The molecule has 10 heteroatoms. The van der Waals surface area contributed by atoms with Crippen LogP contribution in [0.1, 0.15) is 17.5 Å². The minimum absolute atomic E-state index is 0.0536. The second kappa shape index (κ2) is 8.07. The average molecular weight is 479 g/mol. The number of halogens is 1. The van der Waals surface area contributed by atoms with Crippen LogP contribution in [0.2, 0.25) is 5.02 Å². The minimum atomic E-state index is -4.05. The molecule has 0 saturated carbocycles. The van der Waals surface area contributed by atoms with Crippen LogP contribution in [-0.2, 0) is 32.9 Å². The molecule has 0 bridgehead atoms. The summed E-state index contributed by atoms with van der Waals surface area (Å²) >= 11 is 5.89. The zero-order valence-corrected chi connectivity index (χ0v) is 18.6. The normalized spacial score (nSPS) is 13.6. The molecule has 0 amide bonds. The van der Waals surface area contributed by atoms with E-state index < -0.39 is 25.8 Å². The van der Waals surface area contributed by atoms with E-state index in [1.807, 2.05) is 0 Å². The van der Waals surface area contributed by atoms with Crippen LogP contribution in [0.25, 0.3) is 0 Å². The Kier molecular flexibility index (Phi) is 5.59. The van der Waals surface area contributed by atoms with E-state index in [4.69, 9.17) is 11.6 Å². The summed E-state index contributed by atoms with van der Waals surface area (Å²) in [6.07, 6.45) is 2.71. The summed E-state index contributed by atoms with van der Waals surface area (Å²) in [5, 5.41) is 10.5. The van der Waals surface area contributed by atoms with Gasteiger partial charge in [-0.2, -0.15) is 0 Å². The summed E-state index contributed by atoms with van der Waals surface area (Å²) in [5.74, 6) is -0.397. The third-order valence-corrected chi connectivity index (χ3v) is 7.96. The van der Waals surface area contributed by atoms with E-state index in [1.54, 1.807) is 24.3 Å². The summed E-state index contributed by atoms with van der Waals surface area (Å²) in [4.78, 5) is -0.171. The zero-order chi connectivity index (χ0) is 22.2. The first-order valence-corrected chi connectivity index (χ1v) is 12.7. The first kappa shape index (κ1) is 21.5. The maximum Gasteiger partial charge on any atom is 0.262 e. The Hall–Kier alpha value is -2.75.